The van der Waals surface area contributed by atoms with Crippen LogP contribution in [0.15, 0.2) is 29.2 Å². The highest BCUT2D eigenvalue weighted by Crippen LogP contribution is 2.15. The molecule has 0 fully saturated rings. The summed E-state index contributed by atoms with van der Waals surface area (Å²) in [7, 11) is -2.16. The topological polar surface area (TPSA) is 81.4 Å². The minimum Gasteiger partial charge on any atom is -0.395 e. The van der Waals surface area contributed by atoms with E-state index >= 15 is 0 Å². The molecule has 0 amide bonds. The number of hydrogen-bond donors (Lipinski definition) is 1. The van der Waals surface area contributed by atoms with Gasteiger partial charge < -0.3 is 5.11 Å². The molecule has 0 aromatic heterocycles. The van der Waals surface area contributed by atoms with Crippen molar-refractivity contribution < 1.29 is 13.5 Å². The van der Waals surface area contributed by atoms with E-state index in [0.29, 0.717) is 12.0 Å². The lowest BCUT2D eigenvalue weighted by Crippen LogP contribution is -2.27. The number of sulfonamides is 1. The first kappa shape index (κ1) is 16.2. The van der Waals surface area contributed by atoms with Gasteiger partial charge in [-0.15, -0.1) is 0 Å². The Bertz CT molecular complexity index is 651. The fourth-order valence-electron chi connectivity index (χ4n) is 1.46. The van der Waals surface area contributed by atoms with Crippen LogP contribution >= 0.6 is 0 Å². The highest BCUT2D eigenvalue weighted by molar-refractivity contribution is 7.89. The van der Waals surface area contributed by atoms with Crippen molar-refractivity contribution in [3.05, 3.63) is 29.8 Å². The molecule has 0 saturated heterocycles. The van der Waals surface area contributed by atoms with Gasteiger partial charge in [0.2, 0.25) is 10.0 Å². The number of benzene rings is 1. The zero-order valence-corrected chi connectivity index (χ0v) is 12.0. The van der Waals surface area contributed by atoms with Crippen molar-refractivity contribution in [2.45, 2.75) is 17.7 Å². The summed E-state index contributed by atoms with van der Waals surface area (Å²) in [5.74, 6) is 5.54. The SMILES string of the molecule is CN(CCC#N)S(=O)(=O)c1cccc(C#CCCO)c1. The van der Waals surface area contributed by atoms with Crippen LogP contribution in [0.25, 0.3) is 0 Å². The monoisotopic (exact) mass is 292 g/mol. The molecular weight excluding hydrogens is 276 g/mol. The molecular formula is C14H16N2O3S. The molecule has 0 aliphatic rings. The second kappa shape index (κ2) is 7.66. The Balaban J connectivity index is 3.00. The van der Waals surface area contributed by atoms with Crippen LogP contribution < -0.4 is 0 Å². The quantitative estimate of drug-likeness (QED) is 0.819. The molecule has 0 heterocycles. The number of nitrogens with zero attached hydrogens (tertiary/aromatic N) is 2. The molecule has 1 aromatic rings. The lowest BCUT2D eigenvalue weighted by atomic mass is 10.2. The fourth-order valence-corrected chi connectivity index (χ4v) is 2.68. The Kier molecular flexibility index (Phi) is 6.20. The van der Waals surface area contributed by atoms with Gasteiger partial charge in [0.1, 0.15) is 0 Å². The van der Waals surface area contributed by atoms with Crippen molar-refractivity contribution in [3.8, 4) is 17.9 Å². The van der Waals surface area contributed by atoms with E-state index in [1.54, 1.807) is 12.1 Å². The van der Waals surface area contributed by atoms with Crippen LogP contribution in [0.2, 0.25) is 0 Å². The number of aliphatic hydroxyl groups excluding tert-OH is 1. The standard InChI is InChI=1S/C14H16N2O3S/c1-16(10-5-9-15)20(18,19)14-8-4-7-13(12-14)6-2-3-11-17/h4,7-8,12,17H,3,5,10-11H2,1H3. The predicted molar refractivity (Wildman–Crippen MR) is 75.1 cm³/mol. The van der Waals surface area contributed by atoms with Gasteiger partial charge in [-0.2, -0.15) is 9.57 Å². The van der Waals surface area contributed by atoms with Gasteiger partial charge in [-0.05, 0) is 18.2 Å². The second-order valence-corrected chi connectivity index (χ2v) is 6.08. The van der Waals surface area contributed by atoms with Crippen molar-refractivity contribution in [1.29, 1.82) is 5.26 Å². The van der Waals surface area contributed by atoms with Gasteiger partial charge in [-0.3, -0.25) is 0 Å². The zero-order chi connectivity index (χ0) is 15.0. The van der Waals surface area contributed by atoms with Gasteiger partial charge in [-0.1, -0.05) is 17.9 Å². The van der Waals surface area contributed by atoms with E-state index in [1.807, 2.05) is 6.07 Å². The third kappa shape index (κ3) is 4.36. The van der Waals surface area contributed by atoms with E-state index in [9.17, 15) is 8.42 Å². The first-order valence-electron chi connectivity index (χ1n) is 6.05. The van der Waals surface area contributed by atoms with Crippen molar-refractivity contribution in [3.63, 3.8) is 0 Å². The molecule has 1 rings (SSSR count). The van der Waals surface area contributed by atoms with Crippen LogP contribution in [0.4, 0.5) is 0 Å². The van der Waals surface area contributed by atoms with Crippen LogP contribution in [0, 0.1) is 23.2 Å². The second-order valence-electron chi connectivity index (χ2n) is 4.04. The van der Waals surface area contributed by atoms with E-state index in [4.69, 9.17) is 10.4 Å². The van der Waals surface area contributed by atoms with Gasteiger partial charge >= 0.3 is 0 Å². The maximum Gasteiger partial charge on any atom is 0.242 e. The Morgan fingerprint density at radius 2 is 2.10 bits per heavy atom. The number of aliphatic hydroxyl groups is 1. The minimum absolute atomic E-state index is 0.0259. The molecule has 0 atom stereocenters. The maximum atomic E-state index is 12.2. The molecule has 0 radical (unpaired) electrons. The summed E-state index contributed by atoms with van der Waals surface area (Å²) >= 11 is 0. The van der Waals surface area contributed by atoms with Crippen LogP contribution in [0.1, 0.15) is 18.4 Å². The summed E-state index contributed by atoms with van der Waals surface area (Å²) in [6.07, 6.45) is 0.491. The highest BCUT2D eigenvalue weighted by atomic mass is 32.2. The average molecular weight is 292 g/mol. The minimum atomic E-state index is -3.60. The lowest BCUT2D eigenvalue weighted by Gasteiger charge is -2.15. The van der Waals surface area contributed by atoms with Crippen molar-refractivity contribution >= 4 is 10.0 Å². The lowest BCUT2D eigenvalue weighted by molar-refractivity contribution is 0.305. The fraction of sp³-hybridized carbons (Fsp3) is 0.357. The molecule has 0 saturated carbocycles. The molecule has 20 heavy (non-hydrogen) atoms. The third-order valence-corrected chi connectivity index (χ3v) is 4.40. The number of hydrogen-bond acceptors (Lipinski definition) is 4. The summed E-state index contributed by atoms with van der Waals surface area (Å²) < 4.78 is 25.6. The van der Waals surface area contributed by atoms with E-state index in [0.717, 1.165) is 4.31 Å². The molecule has 0 aliphatic heterocycles. The summed E-state index contributed by atoms with van der Waals surface area (Å²) in [5, 5.41) is 17.2. The molecule has 5 nitrogen and oxygen atoms in total. The Morgan fingerprint density at radius 3 is 2.75 bits per heavy atom. The molecule has 0 unspecified atom stereocenters. The van der Waals surface area contributed by atoms with E-state index in [2.05, 4.69) is 11.8 Å². The molecule has 1 aromatic carbocycles. The molecule has 0 bridgehead atoms. The van der Waals surface area contributed by atoms with E-state index < -0.39 is 10.0 Å². The van der Waals surface area contributed by atoms with E-state index in [1.165, 1.54) is 19.2 Å². The maximum absolute atomic E-state index is 12.2. The zero-order valence-electron chi connectivity index (χ0n) is 11.2. The Hall–Kier alpha value is -1.86. The number of nitriles is 1. The first-order valence-corrected chi connectivity index (χ1v) is 7.49. The Labute approximate surface area is 119 Å². The highest BCUT2D eigenvalue weighted by Gasteiger charge is 2.20. The molecule has 6 heteroatoms. The summed E-state index contributed by atoms with van der Waals surface area (Å²) in [5.41, 5.74) is 0.577. The third-order valence-electron chi connectivity index (χ3n) is 2.55. The average Bonchev–Trinajstić information content (AvgIpc) is 2.45. The van der Waals surface area contributed by atoms with Gasteiger partial charge in [0.05, 0.1) is 17.6 Å². The van der Waals surface area contributed by atoms with Crippen LogP contribution in [-0.4, -0.2) is 38.0 Å². The van der Waals surface area contributed by atoms with Gasteiger partial charge in [0, 0.05) is 32.0 Å². The largest absolute Gasteiger partial charge is 0.395 e. The summed E-state index contributed by atoms with van der Waals surface area (Å²) in [4.78, 5) is 0.147. The van der Waals surface area contributed by atoms with Crippen molar-refractivity contribution in [2.24, 2.45) is 0 Å². The Morgan fingerprint density at radius 1 is 1.35 bits per heavy atom. The molecule has 1 N–H and O–H groups in total. The van der Waals surface area contributed by atoms with Crippen LogP contribution in [-0.2, 0) is 10.0 Å². The normalized spacial score (nSPS) is 10.7. The molecule has 106 valence electrons. The molecule has 0 aliphatic carbocycles. The van der Waals surface area contributed by atoms with E-state index in [-0.39, 0.29) is 24.5 Å². The van der Waals surface area contributed by atoms with Gasteiger partial charge in [-0.25, -0.2) is 8.42 Å². The van der Waals surface area contributed by atoms with Crippen LogP contribution in [0.3, 0.4) is 0 Å². The molecule has 0 spiro atoms. The number of rotatable bonds is 5. The van der Waals surface area contributed by atoms with Gasteiger partial charge in [0.15, 0.2) is 0 Å². The first-order chi connectivity index (χ1) is 9.52. The summed E-state index contributed by atoms with van der Waals surface area (Å²) in [6.45, 7) is 0.126. The predicted octanol–water partition coefficient (Wildman–Crippen LogP) is 0.955. The van der Waals surface area contributed by atoms with Crippen LogP contribution in [0.5, 0.6) is 0 Å². The van der Waals surface area contributed by atoms with Crippen molar-refractivity contribution in [2.75, 3.05) is 20.2 Å². The smallest absolute Gasteiger partial charge is 0.242 e. The van der Waals surface area contributed by atoms with Crippen molar-refractivity contribution in [1.82, 2.24) is 4.31 Å². The summed E-state index contributed by atoms with van der Waals surface area (Å²) in [6, 6.07) is 8.23. The van der Waals surface area contributed by atoms with Gasteiger partial charge in [0.25, 0.3) is 0 Å².